The minimum Gasteiger partial charge on any atom is -0.486 e. The van der Waals surface area contributed by atoms with Crippen molar-refractivity contribution in [2.75, 3.05) is 13.1 Å². The molecule has 1 fully saturated rings. The second-order valence-corrected chi connectivity index (χ2v) is 6.12. The maximum absolute atomic E-state index is 12.5. The molecule has 0 bridgehead atoms. The molecule has 3 aromatic rings. The number of hydrogen-bond acceptors (Lipinski definition) is 6. The highest BCUT2D eigenvalue weighted by Crippen LogP contribution is 2.23. The van der Waals surface area contributed by atoms with Gasteiger partial charge in [0.1, 0.15) is 17.6 Å². The van der Waals surface area contributed by atoms with Gasteiger partial charge in [0.15, 0.2) is 11.5 Å². The minimum atomic E-state index is -0.455. The van der Waals surface area contributed by atoms with E-state index in [9.17, 15) is 9.59 Å². The van der Waals surface area contributed by atoms with Gasteiger partial charge in [-0.25, -0.2) is 4.79 Å². The number of aromatic nitrogens is 1. The first kappa shape index (κ1) is 16.1. The summed E-state index contributed by atoms with van der Waals surface area (Å²) in [5.41, 5.74) is 0.670. The monoisotopic (exact) mass is 352 g/mol. The van der Waals surface area contributed by atoms with Gasteiger partial charge in [-0.2, -0.15) is 0 Å². The van der Waals surface area contributed by atoms with Crippen LogP contribution in [0.2, 0.25) is 0 Å². The molecule has 0 atom stereocenters. The van der Waals surface area contributed by atoms with Crippen LogP contribution in [0.5, 0.6) is 5.75 Å². The lowest BCUT2D eigenvalue weighted by atomic mass is 10.1. The fourth-order valence-corrected chi connectivity index (χ4v) is 2.79. The predicted octanol–water partition coefficient (Wildman–Crippen LogP) is 2.51. The molecule has 3 heterocycles. The van der Waals surface area contributed by atoms with E-state index in [1.807, 2.05) is 30.3 Å². The van der Waals surface area contributed by atoms with E-state index in [-0.39, 0.29) is 17.7 Å². The van der Waals surface area contributed by atoms with Gasteiger partial charge in [-0.05, 0) is 6.92 Å². The van der Waals surface area contributed by atoms with Crippen LogP contribution in [0.1, 0.15) is 16.2 Å². The van der Waals surface area contributed by atoms with Crippen LogP contribution >= 0.6 is 0 Å². The lowest BCUT2D eigenvalue weighted by Crippen LogP contribution is -2.56. The molecule has 1 aromatic carbocycles. The van der Waals surface area contributed by atoms with Crippen LogP contribution in [0.4, 0.5) is 0 Å². The summed E-state index contributed by atoms with van der Waals surface area (Å²) >= 11 is 0. The molecule has 7 heteroatoms. The fraction of sp³-hybridized carbons (Fsp3) is 0.211. The van der Waals surface area contributed by atoms with Crippen molar-refractivity contribution in [3.05, 3.63) is 70.4 Å². The van der Waals surface area contributed by atoms with Gasteiger partial charge in [0.05, 0.1) is 19.2 Å². The van der Waals surface area contributed by atoms with Gasteiger partial charge in [-0.15, -0.1) is 0 Å². The van der Waals surface area contributed by atoms with Crippen molar-refractivity contribution < 1.29 is 18.5 Å². The van der Waals surface area contributed by atoms with Gasteiger partial charge >= 0.3 is 5.63 Å². The number of carbonyl (C=O) groups is 1. The Morgan fingerprint density at radius 3 is 2.69 bits per heavy atom. The predicted molar refractivity (Wildman–Crippen MR) is 92.0 cm³/mol. The highest BCUT2D eigenvalue weighted by atomic mass is 16.5. The van der Waals surface area contributed by atoms with E-state index in [1.54, 1.807) is 24.0 Å². The first-order valence-corrected chi connectivity index (χ1v) is 8.18. The number of aryl methyl sites for hydroxylation is 1. The lowest BCUT2D eigenvalue weighted by Gasteiger charge is -2.38. The Morgan fingerprint density at radius 1 is 1.19 bits per heavy atom. The summed E-state index contributed by atoms with van der Waals surface area (Å²) in [6.07, 6.45) is -0.166. The summed E-state index contributed by atoms with van der Waals surface area (Å²) in [7, 11) is 0. The average molecular weight is 352 g/mol. The van der Waals surface area contributed by atoms with Crippen LogP contribution < -0.4 is 10.4 Å². The van der Waals surface area contributed by atoms with Crippen molar-refractivity contribution in [3.8, 4) is 17.1 Å². The quantitative estimate of drug-likeness (QED) is 0.717. The van der Waals surface area contributed by atoms with Crippen LogP contribution in [0.15, 0.2) is 62.3 Å². The summed E-state index contributed by atoms with van der Waals surface area (Å²) in [4.78, 5) is 25.4. The van der Waals surface area contributed by atoms with E-state index < -0.39 is 5.63 Å². The summed E-state index contributed by atoms with van der Waals surface area (Å²) in [6.45, 7) is 2.52. The van der Waals surface area contributed by atoms with Crippen molar-refractivity contribution >= 4 is 5.91 Å². The van der Waals surface area contributed by atoms with Gasteiger partial charge < -0.3 is 18.6 Å². The molecule has 132 valence electrons. The van der Waals surface area contributed by atoms with Crippen molar-refractivity contribution in [1.82, 2.24) is 10.1 Å². The maximum atomic E-state index is 12.5. The number of benzene rings is 1. The van der Waals surface area contributed by atoms with E-state index in [4.69, 9.17) is 13.7 Å². The first-order valence-electron chi connectivity index (χ1n) is 8.18. The van der Waals surface area contributed by atoms with Crippen molar-refractivity contribution in [3.63, 3.8) is 0 Å². The second kappa shape index (κ2) is 6.51. The summed E-state index contributed by atoms with van der Waals surface area (Å²) in [5.74, 6) is 1.27. The molecule has 1 amide bonds. The van der Waals surface area contributed by atoms with E-state index >= 15 is 0 Å². The number of carbonyl (C=O) groups excluding carboxylic acids is 1. The number of hydrogen-bond donors (Lipinski definition) is 0. The Bertz CT molecular complexity index is 986. The molecule has 0 saturated carbocycles. The fourth-order valence-electron chi connectivity index (χ4n) is 2.79. The van der Waals surface area contributed by atoms with E-state index in [0.29, 0.717) is 30.4 Å². The molecule has 0 N–H and O–H groups in total. The highest BCUT2D eigenvalue weighted by Gasteiger charge is 2.34. The number of nitrogens with zero attached hydrogens (tertiary/aromatic N) is 2. The summed E-state index contributed by atoms with van der Waals surface area (Å²) in [6, 6.07) is 14.0. The third-order valence-electron chi connectivity index (χ3n) is 4.09. The van der Waals surface area contributed by atoms with Crippen LogP contribution in [-0.4, -0.2) is 35.2 Å². The summed E-state index contributed by atoms with van der Waals surface area (Å²) in [5, 5.41) is 3.87. The van der Waals surface area contributed by atoms with Crippen LogP contribution in [0, 0.1) is 6.92 Å². The molecular weight excluding hydrogens is 336 g/mol. The van der Waals surface area contributed by atoms with Gasteiger partial charge in [0, 0.05) is 17.7 Å². The molecule has 2 aromatic heterocycles. The first-order chi connectivity index (χ1) is 12.6. The standard InChI is InChI=1S/C19H16N2O5/c1-12-7-14(8-18(22)24-12)25-15-10-21(11-15)19(23)16-9-17(26-20-16)13-5-3-2-4-6-13/h2-9,15H,10-11H2,1H3. The number of amides is 1. The van der Waals surface area contributed by atoms with E-state index in [0.717, 1.165) is 5.56 Å². The van der Waals surface area contributed by atoms with Gasteiger partial charge in [0.2, 0.25) is 0 Å². The smallest absolute Gasteiger partial charge is 0.339 e. The van der Waals surface area contributed by atoms with Gasteiger partial charge in [0.25, 0.3) is 5.91 Å². The largest absolute Gasteiger partial charge is 0.486 e. The number of rotatable bonds is 4. The van der Waals surface area contributed by atoms with E-state index in [1.165, 1.54) is 6.07 Å². The Hall–Kier alpha value is -3.35. The Labute approximate surface area is 148 Å². The zero-order chi connectivity index (χ0) is 18.1. The maximum Gasteiger partial charge on any atom is 0.339 e. The molecule has 0 aliphatic carbocycles. The minimum absolute atomic E-state index is 0.166. The van der Waals surface area contributed by atoms with Gasteiger partial charge in [-0.3, -0.25) is 4.79 Å². The molecule has 4 rings (SSSR count). The number of likely N-dealkylation sites (tertiary alicyclic amines) is 1. The third-order valence-corrected chi connectivity index (χ3v) is 4.09. The van der Waals surface area contributed by atoms with Crippen molar-refractivity contribution in [2.24, 2.45) is 0 Å². The Balaban J connectivity index is 1.38. The van der Waals surface area contributed by atoms with Crippen molar-refractivity contribution in [1.29, 1.82) is 0 Å². The van der Waals surface area contributed by atoms with Crippen LogP contribution in [0.25, 0.3) is 11.3 Å². The summed E-state index contributed by atoms with van der Waals surface area (Å²) < 4.78 is 15.9. The van der Waals surface area contributed by atoms with Crippen molar-refractivity contribution in [2.45, 2.75) is 13.0 Å². The zero-order valence-corrected chi connectivity index (χ0v) is 14.0. The lowest BCUT2D eigenvalue weighted by molar-refractivity contribution is 0.0167. The highest BCUT2D eigenvalue weighted by molar-refractivity contribution is 5.93. The van der Waals surface area contributed by atoms with Gasteiger partial charge in [-0.1, -0.05) is 35.5 Å². The molecular formula is C19H16N2O5. The third kappa shape index (κ3) is 3.23. The normalized spacial score (nSPS) is 14.1. The molecule has 0 radical (unpaired) electrons. The van der Waals surface area contributed by atoms with Crippen LogP contribution in [0.3, 0.4) is 0 Å². The SMILES string of the molecule is Cc1cc(OC2CN(C(=O)c3cc(-c4ccccc4)on3)C2)cc(=O)o1. The molecule has 0 unspecified atom stereocenters. The van der Waals surface area contributed by atoms with Crippen LogP contribution in [-0.2, 0) is 0 Å². The second-order valence-electron chi connectivity index (χ2n) is 6.12. The Morgan fingerprint density at radius 2 is 1.96 bits per heavy atom. The van der Waals surface area contributed by atoms with E-state index in [2.05, 4.69) is 5.16 Å². The molecule has 1 aliphatic heterocycles. The molecule has 7 nitrogen and oxygen atoms in total. The average Bonchev–Trinajstić information content (AvgIpc) is 3.07. The molecule has 26 heavy (non-hydrogen) atoms. The zero-order valence-electron chi connectivity index (χ0n) is 14.0. The molecule has 1 saturated heterocycles. The molecule has 1 aliphatic rings. The topological polar surface area (TPSA) is 85.8 Å². The Kier molecular flexibility index (Phi) is 4.04. The number of ether oxygens (including phenoxy) is 1. The molecule has 0 spiro atoms.